The Kier molecular flexibility index (Phi) is 6.78. The second kappa shape index (κ2) is 8.36. The molecule has 114 valence electrons. The van der Waals surface area contributed by atoms with Crippen molar-refractivity contribution >= 4 is 17.9 Å². The molecule has 0 aromatic heterocycles. The third kappa shape index (κ3) is 5.43. The summed E-state index contributed by atoms with van der Waals surface area (Å²) in [6.45, 7) is 4.07. The van der Waals surface area contributed by atoms with Gasteiger partial charge in [-0.2, -0.15) is 0 Å². The first kappa shape index (κ1) is 16.2. The first-order valence-corrected chi connectivity index (χ1v) is 6.67. The number of amides is 3. The number of nitrogens with zero attached hydrogens (tertiary/aromatic N) is 1. The molecule has 1 atom stereocenters. The number of aliphatic carboxylic acids is 1. The lowest BCUT2D eigenvalue weighted by atomic mass is 10.2. The van der Waals surface area contributed by atoms with Crippen molar-refractivity contribution in [3.8, 4) is 0 Å². The molecule has 0 aromatic carbocycles. The smallest absolute Gasteiger partial charge is 0.326 e. The van der Waals surface area contributed by atoms with Gasteiger partial charge in [0.25, 0.3) is 0 Å². The molecule has 1 aliphatic rings. The van der Waals surface area contributed by atoms with E-state index in [2.05, 4.69) is 10.6 Å². The Balaban J connectivity index is 2.20. The van der Waals surface area contributed by atoms with Crippen LogP contribution in [0.2, 0.25) is 0 Å². The molecule has 0 bridgehead atoms. The van der Waals surface area contributed by atoms with Crippen LogP contribution in [-0.4, -0.2) is 66.8 Å². The van der Waals surface area contributed by atoms with Crippen LogP contribution in [0.5, 0.6) is 0 Å². The number of rotatable bonds is 6. The van der Waals surface area contributed by atoms with Crippen LogP contribution < -0.4 is 10.6 Å². The molecule has 3 N–H and O–H groups in total. The first-order chi connectivity index (χ1) is 9.54. The third-order valence-corrected chi connectivity index (χ3v) is 3.00. The first-order valence-electron chi connectivity index (χ1n) is 6.67. The zero-order valence-corrected chi connectivity index (χ0v) is 11.6. The monoisotopic (exact) mass is 287 g/mol. The highest BCUT2D eigenvalue weighted by atomic mass is 16.5. The summed E-state index contributed by atoms with van der Waals surface area (Å²) in [5.41, 5.74) is 0. The molecule has 0 radical (unpaired) electrons. The molecule has 0 unspecified atom stereocenters. The number of ether oxygens (including phenoxy) is 1. The summed E-state index contributed by atoms with van der Waals surface area (Å²) in [6, 6.07) is -1.49. The van der Waals surface area contributed by atoms with Crippen molar-refractivity contribution < 1.29 is 24.2 Å². The molecule has 1 saturated heterocycles. The number of hydrogen-bond donors (Lipinski definition) is 3. The number of carboxylic acid groups (broad SMARTS) is 1. The van der Waals surface area contributed by atoms with Gasteiger partial charge in [-0.05, 0) is 6.42 Å². The van der Waals surface area contributed by atoms with Crippen LogP contribution in [-0.2, 0) is 14.3 Å². The van der Waals surface area contributed by atoms with Gasteiger partial charge in [0.1, 0.15) is 6.04 Å². The molecule has 3 amide bonds. The number of nitrogens with one attached hydrogen (secondary N) is 2. The highest BCUT2D eigenvalue weighted by molar-refractivity contribution is 5.83. The molecule has 0 saturated carbocycles. The average molecular weight is 287 g/mol. The predicted octanol–water partition coefficient (Wildman–Crippen LogP) is -0.602. The summed E-state index contributed by atoms with van der Waals surface area (Å²) >= 11 is 0. The molecule has 8 nitrogen and oxygen atoms in total. The van der Waals surface area contributed by atoms with Crippen molar-refractivity contribution in [3.63, 3.8) is 0 Å². The zero-order valence-electron chi connectivity index (χ0n) is 11.6. The Morgan fingerprint density at radius 2 is 1.95 bits per heavy atom. The molecule has 20 heavy (non-hydrogen) atoms. The summed E-state index contributed by atoms with van der Waals surface area (Å²) in [6.07, 6.45) is 0.493. The lowest BCUT2D eigenvalue weighted by Gasteiger charge is -2.26. The molecular formula is C12H21N3O5. The number of morpholine rings is 1. The molecule has 0 spiro atoms. The maximum atomic E-state index is 11.8. The summed E-state index contributed by atoms with van der Waals surface area (Å²) in [4.78, 5) is 35.6. The van der Waals surface area contributed by atoms with Crippen molar-refractivity contribution in [1.82, 2.24) is 15.5 Å². The van der Waals surface area contributed by atoms with Crippen LogP contribution >= 0.6 is 0 Å². The molecular weight excluding hydrogens is 266 g/mol. The van der Waals surface area contributed by atoms with E-state index in [1.165, 1.54) is 0 Å². The Morgan fingerprint density at radius 3 is 2.50 bits per heavy atom. The van der Waals surface area contributed by atoms with Crippen molar-refractivity contribution in [1.29, 1.82) is 0 Å². The van der Waals surface area contributed by atoms with Crippen LogP contribution in [0.1, 0.15) is 19.8 Å². The Morgan fingerprint density at radius 1 is 1.30 bits per heavy atom. The minimum atomic E-state index is -1.08. The standard InChI is InChI=1S/C12H21N3O5/c1-2-9(11(17)18)14-12(19)13-4-3-10(16)15-5-7-20-8-6-15/h9H,2-8H2,1H3,(H,17,18)(H2,13,14,19)/t9-/m0/s1. The summed E-state index contributed by atoms with van der Waals surface area (Å²) < 4.78 is 5.14. The second-order valence-electron chi connectivity index (χ2n) is 4.44. The minimum Gasteiger partial charge on any atom is -0.480 e. The lowest BCUT2D eigenvalue weighted by Crippen LogP contribution is -2.47. The van der Waals surface area contributed by atoms with E-state index in [0.717, 1.165) is 0 Å². The SMILES string of the molecule is CC[C@H](NC(=O)NCCC(=O)N1CCOCC1)C(=O)O. The van der Waals surface area contributed by atoms with Crippen molar-refractivity contribution in [2.24, 2.45) is 0 Å². The van der Waals surface area contributed by atoms with Crippen LogP contribution in [0.4, 0.5) is 4.79 Å². The fourth-order valence-electron chi connectivity index (χ4n) is 1.80. The average Bonchev–Trinajstić information content (AvgIpc) is 2.45. The summed E-state index contributed by atoms with van der Waals surface area (Å²) in [5.74, 6) is -1.12. The molecule has 1 aliphatic heterocycles. The van der Waals surface area contributed by atoms with E-state index in [0.29, 0.717) is 32.7 Å². The summed E-state index contributed by atoms with van der Waals surface area (Å²) in [7, 11) is 0. The van der Waals surface area contributed by atoms with Crippen molar-refractivity contribution in [3.05, 3.63) is 0 Å². The van der Waals surface area contributed by atoms with E-state index in [1.54, 1.807) is 11.8 Å². The van der Waals surface area contributed by atoms with Gasteiger partial charge in [0.15, 0.2) is 0 Å². The molecule has 0 aromatic rings. The molecule has 1 fully saturated rings. The molecule has 1 rings (SSSR count). The van der Waals surface area contributed by atoms with Crippen LogP contribution in [0.3, 0.4) is 0 Å². The number of carbonyl (C=O) groups excluding carboxylic acids is 2. The van der Waals surface area contributed by atoms with Gasteiger partial charge in [0.05, 0.1) is 13.2 Å². The van der Waals surface area contributed by atoms with Gasteiger partial charge in [0, 0.05) is 26.1 Å². The van der Waals surface area contributed by atoms with Crippen molar-refractivity contribution in [2.45, 2.75) is 25.8 Å². The lowest BCUT2D eigenvalue weighted by molar-refractivity contribution is -0.139. The Labute approximate surface area is 117 Å². The summed E-state index contributed by atoms with van der Waals surface area (Å²) in [5, 5.41) is 13.6. The van der Waals surface area contributed by atoms with Gasteiger partial charge < -0.3 is 25.4 Å². The van der Waals surface area contributed by atoms with Crippen LogP contribution in [0, 0.1) is 0 Å². The van der Waals surface area contributed by atoms with Gasteiger partial charge >= 0.3 is 12.0 Å². The van der Waals surface area contributed by atoms with Crippen LogP contribution in [0.25, 0.3) is 0 Å². The van der Waals surface area contributed by atoms with E-state index in [1.807, 2.05) is 0 Å². The highest BCUT2D eigenvalue weighted by Gasteiger charge is 2.18. The normalized spacial score (nSPS) is 16.4. The van der Waals surface area contributed by atoms with Gasteiger partial charge in [0.2, 0.25) is 5.91 Å². The van der Waals surface area contributed by atoms with Gasteiger partial charge in [-0.1, -0.05) is 6.92 Å². The Bertz CT molecular complexity index is 355. The molecule has 8 heteroatoms. The topological polar surface area (TPSA) is 108 Å². The van der Waals surface area contributed by atoms with Gasteiger partial charge in [-0.3, -0.25) is 4.79 Å². The largest absolute Gasteiger partial charge is 0.480 e. The second-order valence-corrected chi connectivity index (χ2v) is 4.44. The molecule has 1 heterocycles. The number of carboxylic acids is 1. The number of hydrogen-bond acceptors (Lipinski definition) is 4. The maximum Gasteiger partial charge on any atom is 0.326 e. The number of urea groups is 1. The van der Waals surface area contributed by atoms with Gasteiger partial charge in [-0.25, -0.2) is 9.59 Å². The van der Waals surface area contributed by atoms with E-state index in [-0.39, 0.29) is 18.9 Å². The van der Waals surface area contributed by atoms with E-state index in [4.69, 9.17) is 9.84 Å². The maximum absolute atomic E-state index is 11.8. The third-order valence-electron chi connectivity index (χ3n) is 3.00. The fourth-order valence-corrected chi connectivity index (χ4v) is 1.80. The predicted molar refractivity (Wildman–Crippen MR) is 70.3 cm³/mol. The fraction of sp³-hybridized carbons (Fsp3) is 0.750. The quantitative estimate of drug-likeness (QED) is 0.604. The molecule has 0 aliphatic carbocycles. The minimum absolute atomic E-state index is 0.0427. The van der Waals surface area contributed by atoms with E-state index in [9.17, 15) is 14.4 Å². The zero-order chi connectivity index (χ0) is 15.0. The van der Waals surface area contributed by atoms with E-state index < -0.39 is 18.0 Å². The van der Waals surface area contributed by atoms with Gasteiger partial charge in [-0.15, -0.1) is 0 Å². The van der Waals surface area contributed by atoms with Crippen LogP contribution in [0.15, 0.2) is 0 Å². The van der Waals surface area contributed by atoms with E-state index >= 15 is 0 Å². The Hall–Kier alpha value is -1.83. The number of carbonyl (C=O) groups is 3. The van der Waals surface area contributed by atoms with Crippen molar-refractivity contribution in [2.75, 3.05) is 32.8 Å². The highest BCUT2D eigenvalue weighted by Crippen LogP contribution is 1.99.